The fraction of sp³-hybridized carbons (Fsp3) is 0.143. The van der Waals surface area contributed by atoms with Gasteiger partial charge in [0.1, 0.15) is 5.69 Å². The molecule has 0 aliphatic heterocycles. The number of quaternary nitrogens is 1. The number of H-pyrrole nitrogens is 2. The van der Waals surface area contributed by atoms with Crippen molar-refractivity contribution < 1.29 is 14.7 Å². The Morgan fingerprint density at radius 1 is 1.31 bits per heavy atom. The van der Waals surface area contributed by atoms with E-state index in [0.29, 0.717) is 0 Å². The van der Waals surface area contributed by atoms with E-state index < -0.39 is 29.7 Å². The minimum Gasteiger partial charge on any atom is -0.548 e. The lowest BCUT2D eigenvalue weighted by atomic mass is 10.4. The van der Waals surface area contributed by atoms with Crippen molar-refractivity contribution in [3.8, 4) is 0 Å². The Morgan fingerprint density at radius 2 is 1.94 bits per heavy atom. The quantitative estimate of drug-likeness (QED) is 0.430. The summed E-state index contributed by atoms with van der Waals surface area (Å²) in [5.41, 5.74) is -1.91. The number of rotatable bonds is 3. The topological polar surface area (TPSA) is 171 Å². The number of aromatic nitrogens is 2. The van der Waals surface area contributed by atoms with Crippen LogP contribution in [-0.2, 0) is 4.79 Å². The monoisotopic (exact) mass is 230 g/mol. The van der Waals surface area contributed by atoms with E-state index in [9.17, 15) is 24.3 Å². The molecule has 0 aliphatic rings. The highest BCUT2D eigenvalue weighted by atomic mass is 16.4. The highest BCUT2D eigenvalue weighted by Crippen LogP contribution is 1.83. The molecule has 9 nitrogen and oxygen atoms in total. The van der Waals surface area contributed by atoms with Crippen molar-refractivity contribution >= 4 is 11.9 Å². The predicted octanol–water partition coefficient (Wildman–Crippen LogP) is -3.08. The van der Waals surface area contributed by atoms with E-state index in [2.05, 4.69) is 0 Å². The van der Waals surface area contributed by atoms with Crippen LogP contribution in [0.15, 0.2) is 15.7 Å². The third kappa shape index (κ3) is 3.75. The maximum absolute atomic E-state index is 11.1. The SMILES string of the molecule is O=C([O-])CNC(=O)c1cc(=O)[nH]c(=O)[nH]1.[NH4+]. The van der Waals surface area contributed by atoms with Crippen molar-refractivity contribution in [2.24, 2.45) is 0 Å². The summed E-state index contributed by atoms with van der Waals surface area (Å²) in [4.78, 5) is 46.5. The zero-order valence-electron chi connectivity index (χ0n) is 8.33. The highest BCUT2D eigenvalue weighted by Gasteiger charge is 2.06. The van der Waals surface area contributed by atoms with Crippen LogP contribution in [-0.4, -0.2) is 28.4 Å². The number of carbonyl (C=O) groups excluding carboxylic acids is 2. The molecule has 0 radical (unpaired) electrons. The Labute approximate surface area is 88.1 Å². The fourth-order valence-electron chi connectivity index (χ4n) is 0.839. The molecule has 7 N–H and O–H groups in total. The molecular formula is C7H10N4O5. The molecule has 1 amide bonds. The first kappa shape index (κ1) is 13.6. The van der Waals surface area contributed by atoms with Gasteiger partial charge in [-0.05, 0) is 0 Å². The van der Waals surface area contributed by atoms with Crippen molar-refractivity contribution in [1.82, 2.24) is 21.4 Å². The van der Waals surface area contributed by atoms with Gasteiger partial charge in [-0.2, -0.15) is 0 Å². The Kier molecular flexibility index (Phi) is 4.63. The summed E-state index contributed by atoms with van der Waals surface area (Å²) >= 11 is 0. The van der Waals surface area contributed by atoms with Gasteiger partial charge in [-0.15, -0.1) is 0 Å². The van der Waals surface area contributed by atoms with Crippen LogP contribution in [0.3, 0.4) is 0 Å². The number of carboxylic acid groups (broad SMARTS) is 1. The number of carboxylic acids is 1. The molecule has 0 bridgehead atoms. The first-order valence-corrected chi connectivity index (χ1v) is 3.81. The van der Waals surface area contributed by atoms with Gasteiger partial charge in [0.15, 0.2) is 0 Å². The molecule has 0 saturated heterocycles. The number of carbonyl (C=O) groups is 2. The lowest BCUT2D eigenvalue weighted by Crippen LogP contribution is -2.39. The van der Waals surface area contributed by atoms with Crippen LogP contribution in [0.2, 0.25) is 0 Å². The van der Waals surface area contributed by atoms with Crippen molar-refractivity contribution in [2.75, 3.05) is 6.54 Å². The molecule has 0 aliphatic carbocycles. The number of aliphatic carboxylic acids is 1. The first-order valence-electron chi connectivity index (χ1n) is 3.81. The average Bonchev–Trinajstić information content (AvgIpc) is 2.12. The summed E-state index contributed by atoms with van der Waals surface area (Å²) < 4.78 is 0. The second-order valence-electron chi connectivity index (χ2n) is 2.56. The van der Waals surface area contributed by atoms with Crippen LogP contribution < -0.4 is 27.8 Å². The zero-order valence-corrected chi connectivity index (χ0v) is 8.33. The first-order chi connectivity index (χ1) is 6.99. The van der Waals surface area contributed by atoms with Gasteiger partial charge in [0.25, 0.3) is 11.5 Å². The van der Waals surface area contributed by atoms with Gasteiger partial charge in [0.05, 0.1) is 12.5 Å². The summed E-state index contributed by atoms with van der Waals surface area (Å²) in [5, 5.41) is 11.9. The van der Waals surface area contributed by atoms with Crippen LogP contribution in [0, 0.1) is 0 Å². The molecule has 16 heavy (non-hydrogen) atoms. The number of hydrogen-bond donors (Lipinski definition) is 4. The standard InChI is InChI=1S/C7H7N3O5.H3N/c11-4-1-3(9-7(15)10-4)6(14)8-2-5(12)13;/h1H,2H2,(H,8,14)(H,12,13)(H2,9,10,11,15);1H3. The average molecular weight is 230 g/mol. The van der Waals surface area contributed by atoms with Gasteiger partial charge in [0.2, 0.25) is 0 Å². The number of aromatic amines is 2. The molecule has 88 valence electrons. The summed E-state index contributed by atoms with van der Waals surface area (Å²) in [6, 6.07) is 0.839. The Morgan fingerprint density at radius 3 is 2.44 bits per heavy atom. The maximum atomic E-state index is 11.1. The molecule has 0 atom stereocenters. The largest absolute Gasteiger partial charge is 0.548 e. The summed E-state index contributed by atoms with van der Waals surface area (Å²) in [6.07, 6.45) is 0. The van der Waals surface area contributed by atoms with E-state index in [1.54, 1.807) is 0 Å². The van der Waals surface area contributed by atoms with Gasteiger partial charge in [-0.25, -0.2) is 4.79 Å². The minimum atomic E-state index is -1.48. The van der Waals surface area contributed by atoms with Gasteiger partial charge in [0, 0.05) is 6.07 Å². The smallest absolute Gasteiger partial charge is 0.326 e. The van der Waals surface area contributed by atoms with E-state index in [1.165, 1.54) is 0 Å². The summed E-state index contributed by atoms with van der Waals surface area (Å²) in [6.45, 7) is -0.701. The van der Waals surface area contributed by atoms with Crippen LogP contribution in [0.5, 0.6) is 0 Å². The molecular weight excluding hydrogens is 220 g/mol. The van der Waals surface area contributed by atoms with Crippen molar-refractivity contribution in [2.45, 2.75) is 0 Å². The van der Waals surface area contributed by atoms with Crippen LogP contribution >= 0.6 is 0 Å². The minimum absolute atomic E-state index is 0. The molecule has 1 aromatic rings. The zero-order chi connectivity index (χ0) is 11.4. The molecule has 0 unspecified atom stereocenters. The van der Waals surface area contributed by atoms with Gasteiger partial charge in [-0.3, -0.25) is 14.6 Å². The van der Waals surface area contributed by atoms with Crippen LogP contribution in [0.1, 0.15) is 10.5 Å². The van der Waals surface area contributed by atoms with Gasteiger partial charge >= 0.3 is 5.69 Å². The Bertz CT molecular complexity index is 474. The third-order valence-electron chi connectivity index (χ3n) is 1.40. The molecule has 0 aromatic carbocycles. The molecule has 1 aromatic heterocycles. The maximum Gasteiger partial charge on any atom is 0.326 e. The van der Waals surface area contributed by atoms with Crippen LogP contribution in [0.25, 0.3) is 0 Å². The van der Waals surface area contributed by atoms with Gasteiger partial charge < -0.3 is 26.4 Å². The molecule has 1 heterocycles. The summed E-state index contributed by atoms with van der Waals surface area (Å²) in [7, 11) is 0. The third-order valence-corrected chi connectivity index (χ3v) is 1.40. The number of nitrogens with one attached hydrogen (secondary N) is 3. The molecule has 1 rings (SSSR count). The molecule has 9 heteroatoms. The predicted molar refractivity (Wildman–Crippen MR) is 51.0 cm³/mol. The Balaban J connectivity index is 0.00000225. The lowest BCUT2D eigenvalue weighted by Gasteiger charge is -2.04. The van der Waals surface area contributed by atoms with Crippen molar-refractivity contribution in [3.05, 3.63) is 32.6 Å². The van der Waals surface area contributed by atoms with Crippen molar-refractivity contribution in [1.29, 1.82) is 0 Å². The van der Waals surface area contributed by atoms with Crippen LogP contribution in [0.4, 0.5) is 0 Å². The van der Waals surface area contributed by atoms with E-state index in [4.69, 9.17) is 0 Å². The van der Waals surface area contributed by atoms with Gasteiger partial charge in [-0.1, -0.05) is 0 Å². The second-order valence-corrected chi connectivity index (χ2v) is 2.56. The highest BCUT2D eigenvalue weighted by molar-refractivity contribution is 5.93. The normalized spacial score (nSPS) is 9.00. The fourth-order valence-corrected chi connectivity index (χ4v) is 0.839. The van der Waals surface area contributed by atoms with Crippen molar-refractivity contribution in [3.63, 3.8) is 0 Å². The van der Waals surface area contributed by atoms with E-state index in [1.807, 2.05) is 15.3 Å². The lowest BCUT2D eigenvalue weighted by molar-refractivity contribution is -0.303. The summed E-state index contributed by atoms with van der Waals surface area (Å²) in [5.74, 6) is -2.35. The Hall–Kier alpha value is -2.42. The molecule has 0 fully saturated rings. The number of hydrogen-bond acceptors (Lipinski definition) is 5. The molecule has 0 spiro atoms. The molecule has 0 saturated carbocycles. The van der Waals surface area contributed by atoms with E-state index >= 15 is 0 Å². The van der Waals surface area contributed by atoms with E-state index in [0.717, 1.165) is 6.07 Å². The second kappa shape index (κ2) is 5.46. The number of amides is 1. The van der Waals surface area contributed by atoms with E-state index in [-0.39, 0.29) is 11.8 Å².